The highest BCUT2D eigenvalue weighted by Crippen LogP contribution is 2.28. The Morgan fingerprint density at radius 1 is 0.889 bits per heavy atom. The zero-order chi connectivity index (χ0) is 18.5. The highest BCUT2D eigenvalue weighted by atomic mass is 35.5. The van der Waals surface area contributed by atoms with E-state index in [1.165, 1.54) is 11.3 Å². The summed E-state index contributed by atoms with van der Waals surface area (Å²) in [5.74, 6) is 0.463. The Morgan fingerprint density at radius 2 is 1.63 bits per heavy atom. The second kappa shape index (κ2) is 8.07. The molecule has 0 aliphatic carbocycles. The Balaban J connectivity index is 1.63. The van der Waals surface area contributed by atoms with Crippen LogP contribution in [-0.2, 0) is 0 Å². The van der Waals surface area contributed by atoms with Gasteiger partial charge in [0.05, 0.1) is 15.9 Å². The molecule has 0 bridgehead atoms. The maximum Gasteiger partial charge on any atom is 0.231 e. The van der Waals surface area contributed by atoms with Crippen molar-refractivity contribution in [2.24, 2.45) is 15.3 Å². The summed E-state index contributed by atoms with van der Waals surface area (Å²) >= 11 is 7.41. The highest BCUT2D eigenvalue weighted by Gasteiger charge is 2.05. The molecule has 0 saturated heterocycles. The summed E-state index contributed by atoms with van der Waals surface area (Å²) in [6.45, 7) is 0. The second-order valence-corrected chi connectivity index (χ2v) is 7.03. The van der Waals surface area contributed by atoms with E-state index in [1.807, 2.05) is 66.7 Å². The van der Waals surface area contributed by atoms with E-state index in [4.69, 9.17) is 11.6 Å². The van der Waals surface area contributed by atoms with Crippen LogP contribution in [0.5, 0.6) is 0 Å². The third kappa shape index (κ3) is 4.36. The van der Waals surface area contributed by atoms with Gasteiger partial charge in [0.1, 0.15) is 0 Å². The summed E-state index contributed by atoms with van der Waals surface area (Å²) in [5, 5.41) is 14.3. The first kappa shape index (κ1) is 17.3. The normalized spacial score (nSPS) is 12.0. The molecule has 0 atom stereocenters. The molecule has 7 heteroatoms. The number of para-hydroxylation sites is 1. The predicted octanol–water partition coefficient (Wildman–Crippen LogP) is 6.51. The maximum atomic E-state index is 5.92. The molecule has 0 amide bonds. The van der Waals surface area contributed by atoms with Crippen molar-refractivity contribution in [2.75, 3.05) is 5.43 Å². The molecule has 0 saturated carbocycles. The van der Waals surface area contributed by atoms with Crippen molar-refractivity contribution in [1.82, 2.24) is 4.98 Å². The van der Waals surface area contributed by atoms with Crippen LogP contribution >= 0.6 is 22.9 Å². The molecule has 1 aromatic heterocycles. The number of thiazole rings is 1. The highest BCUT2D eigenvalue weighted by molar-refractivity contribution is 7.21. The van der Waals surface area contributed by atoms with E-state index in [1.54, 1.807) is 12.1 Å². The molecule has 5 nitrogen and oxygen atoms in total. The summed E-state index contributed by atoms with van der Waals surface area (Å²) in [4.78, 5) is 4.47. The number of nitrogens with one attached hydrogen (secondary N) is 1. The molecule has 0 spiro atoms. The number of halogens is 1. The number of hydrazone groups is 1. The van der Waals surface area contributed by atoms with E-state index in [9.17, 15) is 0 Å². The molecule has 0 aliphatic heterocycles. The van der Waals surface area contributed by atoms with Gasteiger partial charge in [0.25, 0.3) is 0 Å². The molecule has 1 N–H and O–H groups in total. The minimum absolute atomic E-state index is 0.463. The van der Waals surface area contributed by atoms with Gasteiger partial charge in [-0.2, -0.15) is 5.10 Å². The number of fused-ring (bicyclic) bond motifs is 1. The number of hydrogen-bond acceptors (Lipinski definition) is 5. The van der Waals surface area contributed by atoms with Crippen molar-refractivity contribution in [2.45, 2.75) is 0 Å². The molecule has 0 radical (unpaired) electrons. The fourth-order valence-corrected chi connectivity index (χ4v) is 3.28. The molecule has 132 valence electrons. The summed E-state index contributed by atoms with van der Waals surface area (Å²) in [6.07, 6.45) is 0. The van der Waals surface area contributed by atoms with E-state index in [-0.39, 0.29) is 0 Å². The van der Waals surface area contributed by atoms with E-state index >= 15 is 0 Å². The number of anilines is 1. The van der Waals surface area contributed by atoms with Crippen LogP contribution in [0.1, 0.15) is 5.56 Å². The van der Waals surface area contributed by atoms with Gasteiger partial charge < -0.3 is 0 Å². The Hall–Kier alpha value is -3.09. The van der Waals surface area contributed by atoms with E-state index in [2.05, 4.69) is 25.7 Å². The smallest absolute Gasteiger partial charge is 0.231 e. The zero-order valence-electron chi connectivity index (χ0n) is 14.1. The number of hydrogen-bond donors (Lipinski definition) is 1. The Kier molecular flexibility index (Phi) is 5.18. The standard InChI is InChI=1S/C20H14ClN5S/c21-15-10-12-16(13-11-15)23-24-19(14-6-2-1-3-7-14)25-26-20-22-17-8-4-5-9-18(17)27-20/h1-13,23H/b24-19+,26-25?. The third-order valence-electron chi connectivity index (χ3n) is 3.68. The van der Waals surface area contributed by atoms with Gasteiger partial charge in [-0.05, 0) is 36.4 Å². The van der Waals surface area contributed by atoms with Crippen LogP contribution in [0.3, 0.4) is 0 Å². The van der Waals surface area contributed by atoms with Gasteiger partial charge in [0.2, 0.25) is 11.0 Å². The van der Waals surface area contributed by atoms with Gasteiger partial charge in [0.15, 0.2) is 0 Å². The number of azo groups is 1. The SMILES string of the molecule is Clc1ccc(N/N=C(/N=Nc2nc3ccccc3s2)c2ccccc2)cc1. The van der Waals surface area contributed by atoms with Gasteiger partial charge in [-0.15, -0.1) is 10.2 Å². The topological polar surface area (TPSA) is 62.0 Å². The predicted molar refractivity (Wildman–Crippen MR) is 112 cm³/mol. The molecule has 3 aromatic carbocycles. The summed E-state index contributed by atoms with van der Waals surface area (Å²) in [6, 6.07) is 24.9. The summed E-state index contributed by atoms with van der Waals surface area (Å²) < 4.78 is 1.07. The van der Waals surface area contributed by atoms with Crippen molar-refractivity contribution < 1.29 is 0 Å². The van der Waals surface area contributed by atoms with Crippen LogP contribution in [0, 0.1) is 0 Å². The first-order valence-corrected chi connectivity index (χ1v) is 9.39. The molecular weight excluding hydrogens is 378 g/mol. The fraction of sp³-hybridized carbons (Fsp3) is 0. The lowest BCUT2D eigenvalue weighted by molar-refractivity contribution is 1.21. The summed E-state index contributed by atoms with van der Waals surface area (Å²) in [7, 11) is 0. The molecule has 0 unspecified atom stereocenters. The van der Waals surface area contributed by atoms with Gasteiger partial charge in [-0.25, -0.2) is 4.98 Å². The molecule has 27 heavy (non-hydrogen) atoms. The van der Waals surface area contributed by atoms with Crippen molar-refractivity contribution in [1.29, 1.82) is 0 Å². The lowest BCUT2D eigenvalue weighted by atomic mass is 10.2. The van der Waals surface area contributed by atoms with Crippen LogP contribution in [0.2, 0.25) is 5.02 Å². The maximum absolute atomic E-state index is 5.92. The monoisotopic (exact) mass is 391 g/mol. The van der Waals surface area contributed by atoms with Gasteiger partial charge in [0, 0.05) is 10.6 Å². The van der Waals surface area contributed by atoms with Gasteiger partial charge in [-0.1, -0.05) is 65.4 Å². The minimum Gasteiger partial charge on any atom is -0.276 e. The number of aromatic nitrogens is 1. The average molecular weight is 392 g/mol. The van der Waals surface area contributed by atoms with E-state index in [0.29, 0.717) is 16.0 Å². The number of benzene rings is 3. The van der Waals surface area contributed by atoms with Crippen molar-refractivity contribution in [3.05, 3.63) is 89.4 Å². The Labute approximate surface area is 165 Å². The van der Waals surface area contributed by atoms with E-state index in [0.717, 1.165) is 21.5 Å². The van der Waals surface area contributed by atoms with Crippen molar-refractivity contribution >= 4 is 49.8 Å². The molecular formula is C20H14ClN5S. The first-order chi connectivity index (χ1) is 13.3. The van der Waals surface area contributed by atoms with Crippen LogP contribution in [0.15, 0.2) is 94.2 Å². The zero-order valence-corrected chi connectivity index (χ0v) is 15.7. The van der Waals surface area contributed by atoms with Crippen LogP contribution < -0.4 is 5.43 Å². The lowest BCUT2D eigenvalue weighted by Crippen LogP contribution is -2.00. The van der Waals surface area contributed by atoms with Gasteiger partial charge >= 0.3 is 0 Å². The largest absolute Gasteiger partial charge is 0.276 e. The van der Waals surface area contributed by atoms with Crippen molar-refractivity contribution in [3.8, 4) is 0 Å². The Bertz CT molecular complexity index is 1070. The minimum atomic E-state index is 0.463. The van der Waals surface area contributed by atoms with Crippen LogP contribution in [0.25, 0.3) is 10.2 Å². The Morgan fingerprint density at radius 3 is 2.41 bits per heavy atom. The number of rotatable bonds is 4. The average Bonchev–Trinajstić information content (AvgIpc) is 3.13. The van der Waals surface area contributed by atoms with Crippen LogP contribution in [-0.4, -0.2) is 10.8 Å². The molecule has 1 heterocycles. The number of amidine groups is 1. The molecule has 0 aliphatic rings. The molecule has 0 fully saturated rings. The lowest BCUT2D eigenvalue weighted by Gasteiger charge is -2.03. The van der Waals surface area contributed by atoms with Crippen LogP contribution in [0.4, 0.5) is 10.8 Å². The van der Waals surface area contributed by atoms with Gasteiger partial charge in [-0.3, -0.25) is 5.43 Å². The second-order valence-electron chi connectivity index (χ2n) is 5.58. The molecule has 4 aromatic rings. The summed E-state index contributed by atoms with van der Waals surface area (Å²) in [5.41, 5.74) is 5.56. The first-order valence-electron chi connectivity index (χ1n) is 8.20. The number of nitrogens with zero attached hydrogens (tertiary/aromatic N) is 4. The fourth-order valence-electron chi connectivity index (χ4n) is 2.37. The quantitative estimate of drug-likeness (QED) is 0.186. The third-order valence-corrected chi connectivity index (χ3v) is 4.85. The molecule has 4 rings (SSSR count). The van der Waals surface area contributed by atoms with Crippen molar-refractivity contribution in [3.63, 3.8) is 0 Å². The van der Waals surface area contributed by atoms with E-state index < -0.39 is 0 Å².